The average molecular weight is 473 g/mol. The highest BCUT2D eigenvalue weighted by Gasteiger charge is 2.15. The molecule has 0 aliphatic carbocycles. The minimum Gasteiger partial charge on any atom is -0.428 e. The van der Waals surface area contributed by atoms with Crippen molar-refractivity contribution in [2.45, 2.75) is 110 Å². The van der Waals surface area contributed by atoms with Crippen LogP contribution in [0.3, 0.4) is 0 Å². The van der Waals surface area contributed by atoms with Gasteiger partial charge in [0.05, 0.1) is 12.1 Å². The number of rotatable bonds is 19. The first kappa shape index (κ1) is 28.7. The largest absolute Gasteiger partial charge is 0.428 e. The number of nitriles is 3. The Bertz CT molecular complexity index is 955. The van der Waals surface area contributed by atoms with E-state index in [1.807, 2.05) is 0 Å². The molecule has 0 amide bonds. The molecular weight excluding hydrogens is 436 g/mol. The maximum Gasteiger partial charge on any atom is 0.336 e. The van der Waals surface area contributed by atoms with Crippen molar-refractivity contribution in [3.05, 3.63) is 31.5 Å². The minimum absolute atomic E-state index is 0.237. The summed E-state index contributed by atoms with van der Waals surface area (Å²) in [6.45, 7) is 1.09. The van der Waals surface area contributed by atoms with Crippen molar-refractivity contribution < 1.29 is 4.74 Å². The van der Waals surface area contributed by atoms with Crippen LogP contribution in [0, 0.1) is 34.2 Å². The minimum atomic E-state index is -0.565. The molecule has 34 heavy (non-hydrogen) atoms. The van der Waals surface area contributed by atoms with Crippen molar-refractivity contribution in [1.82, 2.24) is 13.7 Å². The van der Waals surface area contributed by atoms with Crippen LogP contribution in [0.1, 0.15) is 89.9 Å². The number of hydrogen-bond donors (Lipinski definition) is 0. The summed E-state index contributed by atoms with van der Waals surface area (Å²) >= 11 is 0. The molecule has 0 aromatic carbocycles. The van der Waals surface area contributed by atoms with Gasteiger partial charge in [-0.05, 0) is 44.9 Å². The van der Waals surface area contributed by atoms with E-state index >= 15 is 0 Å². The van der Waals surface area contributed by atoms with Crippen LogP contribution >= 0.6 is 0 Å². The Morgan fingerprint density at radius 2 is 0.882 bits per heavy atom. The molecule has 0 bridgehead atoms. The third-order valence-electron chi connectivity index (χ3n) is 5.67. The van der Waals surface area contributed by atoms with Gasteiger partial charge in [-0.3, -0.25) is 0 Å². The fourth-order valence-electron chi connectivity index (χ4n) is 3.75. The summed E-state index contributed by atoms with van der Waals surface area (Å²) in [7, 11) is 0. The van der Waals surface area contributed by atoms with Crippen molar-refractivity contribution in [3.63, 3.8) is 0 Å². The second kappa shape index (κ2) is 18.1. The molecule has 1 aromatic heterocycles. The van der Waals surface area contributed by atoms with Gasteiger partial charge in [0, 0.05) is 32.5 Å². The Labute approximate surface area is 200 Å². The maximum atomic E-state index is 13.0. The molecule has 0 aliphatic heterocycles. The van der Waals surface area contributed by atoms with E-state index in [0.29, 0.717) is 38.7 Å². The lowest BCUT2D eigenvalue weighted by Crippen LogP contribution is -2.54. The van der Waals surface area contributed by atoms with Gasteiger partial charge in [0.2, 0.25) is 0 Å². The zero-order valence-corrected chi connectivity index (χ0v) is 20.0. The SMILES string of the molecule is N#CCCCCCCn1c(=O)n(CCCCCCC#N)c(=O)n(CCCCCCOC#N)c1=O. The van der Waals surface area contributed by atoms with Crippen molar-refractivity contribution in [2.75, 3.05) is 6.61 Å². The van der Waals surface area contributed by atoms with Crippen LogP contribution in [0.25, 0.3) is 0 Å². The number of hydrogen-bond acceptors (Lipinski definition) is 7. The standard InChI is InChI=1S/C24H36N6O4/c25-15-9-3-1-5-11-17-28-22(31)29(18-12-6-2-4-10-16-26)24(33)30(23(28)32)19-13-7-8-14-20-34-21-27/h1-14,17-20H2. The maximum absolute atomic E-state index is 13.0. The molecule has 0 N–H and O–H groups in total. The summed E-state index contributed by atoms with van der Waals surface area (Å²) in [4.78, 5) is 38.9. The van der Waals surface area contributed by atoms with Crippen LogP contribution in [0.2, 0.25) is 0 Å². The topological polar surface area (TPSA) is 147 Å². The number of ether oxygens (including phenoxy) is 1. The molecule has 1 rings (SSSR count). The van der Waals surface area contributed by atoms with E-state index in [9.17, 15) is 14.4 Å². The summed E-state index contributed by atoms with van der Waals surface area (Å²) in [5, 5.41) is 25.6. The third kappa shape index (κ3) is 10.5. The van der Waals surface area contributed by atoms with E-state index in [1.165, 1.54) is 13.7 Å². The third-order valence-corrected chi connectivity index (χ3v) is 5.67. The summed E-state index contributed by atoms with van der Waals surface area (Å²) in [6.07, 6.45) is 11.7. The molecule has 186 valence electrons. The van der Waals surface area contributed by atoms with E-state index < -0.39 is 17.1 Å². The van der Waals surface area contributed by atoms with Gasteiger partial charge in [-0.25, -0.2) is 28.1 Å². The smallest absolute Gasteiger partial charge is 0.336 e. The molecule has 0 saturated carbocycles. The first-order valence-corrected chi connectivity index (χ1v) is 12.3. The van der Waals surface area contributed by atoms with Crippen molar-refractivity contribution >= 4 is 0 Å². The molecule has 0 atom stereocenters. The Balaban J connectivity index is 2.89. The van der Waals surface area contributed by atoms with Crippen LogP contribution in [-0.2, 0) is 24.4 Å². The van der Waals surface area contributed by atoms with E-state index in [1.54, 1.807) is 6.26 Å². The summed E-state index contributed by atoms with van der Waals surface area (Å²) < 4.78 is 8.15. The lowest BCUT2D eigenvalue weighted by atomic mass is 10.1. The van der Waals surface area contributed by atoms with E-state index in [-0.39, 0.29) is 19.6 Å². The normalized spacial score (nSPS) is 10.4. The van der Waals surface area contributed by atoms with Crippen LogP contribution < -0.4 is 17.1 Å². The highest BCUT2D eigenvalue weighted by atomic mass is 16.5. The Hall–Kier alpha value is -3.32. The van der Waals surface area contributed by atoms with Gasteiger partial charge in [-0.2, -0.15) is 15.8 Å². The molecule has 1 heterocycles. The Morgan fingerprint density at radius 3 is 1.24 bits per heavy atom. The molecule has 0 saturated heterocycles. The van der Waals surface area contributed by atoms with Gasteiger partial charge in [0.1, 0.15) is 6.61 Å². The second-order valence-corrected chi connectivity index (χ2v) is 8.30. The fourth-order valence-corrected chi connectivity index (χ4v) is 3.75. The summed E-state index contributed by atoms with van der Waals surface area (Å²) in [5.74, 6) is 0. The Morgan fingerprint density at radius 1 is 0.529 bits per heavy atom. The van der Waals surface area contributed by atoms with E-state index in [0.717, 1.165) is 57.8 Å². The van der Waals surface area contributed by atoms with Crippen LogP contribution in [0.5, 0.6) is 0 Å². The highest BCUT2D eigenvalue weighted by Crippen LogP contribution is 2.05. The van der Waals surface area contributed by atoms with Gasteiger partial charge >= 0.3 is 17.1 Å². The molecule has 10 nitrogen and oxygen atoms in total. The van der Waals surface area contributed by atoms with Crippen molar-refractivity contribution in [1.29, 1.82) is 15.8 Å². The zero-order valence-electron chi connectivity index (χ0n) is 20.0. The predicted octanol–water partition coefficient (Wildman–Crippen LogP) is 3.18. The molecule has 0 fully saturated rings. The lowest BCUT2D eigenvalue weighted by molar-refractivity contribution is 0.259. The van der Waals surface area contributed by atoms with E-state index in [4.69, 9.17) is 15.8 Å². The molecule has 0 spiro atoms. The molecule has 0 aliphatic rings. The van der Waals surface area contributed by atoms with Gasteiger partial charge in [0.15, 0.2) is 0 Å². The average Bonchev–Trinajstić information content (AvgIpc) is 2.83. The van der Waals surface area contributed by atoms with Gasteiger partial charge in [-0.15, -0.1) is 0 Å². The molecule has 0 unspecified atom stereocenters. The molecule has 1 aromatic rings. The van der Waals surface area contributed by atoms with Gasteiger partial charge in [0.25, 0.3) is 6.26 Å². The Kier molecular flexibility index (Phi) is 15.3. The first-order chi connectivity index (χ1) is 16.6. The summed E-state index contributed by atoms with van der Waals surface area (Å²) in [6, 6.07) is 4.21. The number of unbranched alkanes of at least 4 members (excludes halogenated alkanes) is 11. The highest BCUT2D eigenvalue weighted by molar-refractivity contribution is 4.80. The van der Waals surface area contributed by atoms with Crippen LogP contribution in [0.4, 0.5) is 0 Å². The lowest BCUT2D eigenvalue weighted by Gasteiger charge is -2.14. The second-order valence-electron chi connectivity index (χ2n) is 8.30. The number of aromatic nitrogens is 3. The van der Waals surface area contributed by atoms with Gasteiger partial charge in [-0.1, -0.05) is 32.1 Å². The van der Waals surface area contributed by atoms with E-state index in [2.05, 4.69) is 16.9 Å². The quantitative estimate of drug-likeness (QED) is 0.222. The zero-order chi connectivity index (χ0) is 25.0. The molecule has 0 radical (unpaired) electrons. The fraction of sp³-hybridized carbons (Fsp3) is 0.750. The van der Waals surface area contributed by atoms with Crippen molar-refractivity contribution in [2.24, 2.45) is 0 Å². The number of nitrogens with zero attached hydrogens (tertiary/aromatic N) is 6. The van der Waals surface area contributed by atoms with Crippen molar-refractivity contribution in [3.8, 4) is 18.4 Å². The van der Waals surface area contributed by atoms with Crippen LogP contribution in [-0.4, -0.2) is 20.3 Å². The molecule has 10 heteroatoms. The predicted molar refractivity (Wildman–Crippen MR) is 127 cm³/mol. The van der Waals surface area contributed by atoms with Crippen LogP contribution in [0.15, 0.2) is 14.4 Å². The monoisotopic (exact) mass is 472 g/mol. The molecular formula is C24H36N6O4. The van der Waals surface area contributed by atoms with Gasteiger partial charge < -0.3 is 4.74 Å². The first-order valence-electron chi connectivity index (χ1n) is 12.3. The summed E-state index contributed by atoms with van der Waals surface area (Å²) in [5.41, 5.74) is -1.69.